The van der Waals surface area contributed by atoms with Crippen molar-refractivity contribution in [2.45, 2.75) is 52.6 Å². The average Bonchev–Trinajstić information content (AvgIpc) is 2.39. The van der Waals surface area contributed by atoms with E-state index in [4.69, 9.17) is 0 Å². The van der Waals surface area contributed by atoms with E-state index in [1.54, 1.807) is 0 Å². The molecule has 20 heavy (non-hydrogen) atoms. The number of rotatable bonds is 4. The molecule has 1 aliphatic carbocycles. The highest BCUT2D eigenvalue weighted by atomic mass is 19.1. The van der Waals surface area contributed by atoms with Gasteiger partial charge in [-0.05, 0) is 48.8 Å². The predicted octanol–water partition coefficient (Wildman–Crippen LogP) is 4.08. The fourth-order valence-corrected chi connectivity index (χ4v) is 3.37. The van der Waals surface area contributed by atoms with Crippen molar-refractivity contribution >= 4 is 0 Å². The molecule has 2 N–H and O–H groups in total. The van der Waals surface area contributed by atoms with Crippen LogP contribution < -0.4 is 5.32 Å². The summed E-state index contributed by atoms with van der Waals surface area (Å²) in [6.07, 6.45) is 3.72. The second kappa shape index (κ2) is 6.57. The van der Waals surface area contributed by atoms with E-state index in [0.717, 1.165) is 5.92 Å². The molecule has 1 saturated carbocycles. The maximum absolute atomic E-state index is 13.2. The summed E-state index contributed by atoms with van der Waals surface area (Å²) < 4.78 is 13.2. The summed E-state index contributed by atoms with van der Waals surface area (Å²) in [4.78, 5) is 0. The molecule has 0 amide bonds. The fraction of sp³-hybridized carbons (Fsp3) is 0.647. The standard InChI is InChI=1S/C17H26FNO/c1-11(2)15-6-4-12(3)8-16(15)19-10-13-9-14(18)5-7-17(13)20/h5,7,9,11-12,15-16,19-20H,4,6,8,10H2,1-3H3. The molecule has 0 aromatic heterocycles. The largest absolute Gasteiger partial charge is 0.508 e. The third-order valence-corrected chi connectivity index (χ3v) is 4.62. The van der Waals surface area contributed by atoms with E-state index in [0.29, 0.717) is 30.0 Å². The lowest BCUT2D eigenvalue weighted by atomic mass is 9.74. The fourth-order valence-electron chi connectivity index (χ4n) is 3.37. The molecule has 3 heteroatoms. The smallest absolute Gasteiger partial charge is 0.123 e. The first-order chi connectivity index (χ1) is 9.47. The monoisotopic (exact) mass is 279 g/mol. The van der Waals surface area contributed by atoms with Crippen molar-refractivity contribution in [3.8, 4) is 5.75 Å². The molecule has 0 bridgehead atoms. The first-order valence-electron chi connectivity index (χ1n) is 7.68. The molecule has 1 aromatic carbocycles. The van der Waals surface area contributed by atoms with Crippen LogP contribution in [0.5, 0.6) is 5.75 Å². The van der Waals surface area contributed by atoms with E-state index in [9.17, 15) is 9.50 Å². The molecule has 2 rings (SSSR count). The number of hydrogen-bond acceptors (Lipinski definition) is 2. The van der Waals surface area contributed by atoms with Crippen LogP contribution in [-0.4, -0.2) is 11.1 Å². The van der Waals surface area contributed by atoms with Crippen molar-refractivity contribution < 1.29 is 9.50 Å². The van der Waals surface area contributed by atoms with Gasteiger partial charge in [0.25, 0.3) is 0 Å². The van der Waals surface area contributed by atoms with Gasteiger partial charge in [0.2, 0.25) is 0 Å². The summed E-state index contributed by atoms with van der Waals surface area (Å²) >= 11 is 0. The zero-order valence-corrected chi connectivity index (χ0v) is 12.7. The molecule has 3 atom stereocenters. The maximum atomic E-state index is 13.2. The number of benzene rings is 1. The van der Waals surface area contributed by atoms with Crippen molar-refractivity contribution in [3.63, 3.8) is 0 Å². The minimum atomic E-state index is -0.294. The van der Waals surface area contributed by atoms with Crippen LogP contribution in [0.2, 0.25) is 0 Å². The van der Waals surface area contributed by atoms with Crippen LogP contribution in [0.4, 0.5) is 4.39 Å². The maximum Gasteiger partial charge on any atom is 0.123 e. The number of halogens is 1. The van der Waals surface area contributed by atoms with Crippen LogP contribution in [0.25, 0.3) is 0 Å². The molecular formula is C17H26FNO. The van der Waals surface area contributed by atoms with E-state index < -0.39 is 0 Å². The predicted molar refractivity (Wildman–Crippen MR) is 80.0 cm³/mol. The van der Waals surface area contributed by atoms with Crippen molar-refractivity contribution in [2.24, 2.45) is 17.8 Å². The molecular weight excluding hydrogens is 253 g/mol. The Labute approximate surface area is 121 Å². The van der Waals surface area contributed by atoms with Crippen molar-refractivity contribution in [2.75, 3.05) is 0 Å². The Bertz CT molecular complexity index is 447. The van der Waals surface area contributed by atoms with Crippen LogP contribution in [0.15, 0.2) is 18.2 Å². The molecule has 1 fully saturated rings. The topological polar surface area (TPSA) is 32.3 Å². The van der Waals surface area contributed by atoms with E-state index in [2.05, 4.69) is 26.1 Å². The van der Waals surface area contributed by atoms with Crippen LogP contribution in [0.3, 0.4) is 0 Å². The molecule has 0 saturated heterocycles. The van der Waals surface area contributed by atoms with E-state index >= 15 is 0 Å². The lowest BCUT2D eigenvalue weighted by Gasteiger charge is -2.38. The van der Waals surface area contributed by atoms with E-state index in [-0.39, 0.29) is 11.6 Å². The molecule has 112 valence electrons. The zero-order valence-electron chi connectivity index (χ0n) is 12.7. The lowest BCUT2D eigenvalue weighted by molar-refractivity contribution is 0.169. The van der Waals surface area contributed by atoms with Gasteiger partial charge in [-0.15, -0.1) is 0 Å². The van der Waals surface area contributed by atoms with Crippen molar-refractivity contribution in [1.82, 2.24) is 5.32 Å². The second-order valence-electron chi connectivity index (χ2n) is 6.59. The van der Waals surface area contributed by atoms with Crippen molar-refractivity contribution in [3.05, 3.63) is 29.6 Å². The number of hydrogen-bond donors (Lipinski definition) is 2. The van der Waals surface area contributed by atoms with Gasteiger partial charge >= 0.3 is 0 Å². The second-order valence-corrected chi connectivity index (χ2v) is 6.59. The number of nitrogens with one attached hydrogen (secondary N) is 1. The van der Waals surface area contributed by atoms with Gasteiger partial charge < -0.3 is 10.4 Å². The lowest BCUT2D eigenvalue weighted by Crippen LogP contribution is -2.42. The van der Waals surface area contributed by atoms with Crippen LogP contribution in [-0.2, 0) is 6.54 Å². The van der Waals surface area contributed by atoms with Crippen molar-refractivity contribution in [1.29, 1.82) is 0 Å². The number of aromatic hydroxyl groups is 1. The summed E-state index contributed by atoms with van der Waals surface area (Å²) in [5.74, 6) is 1.94. The summed E-state index contributed by atoms with van der Waals surface area (Å²) in [6.45, 7) is 7.37. The zero-order chi connectivity index (χ0) is 14.7. The Balaban J connectivity index is 2.01. The normalized spacial score (nSPS) is 26.9. The van der Waals surface area contributed by atoms with Crippen LogP contribution in [0, 0.1) is 23.6 Å². The van der Waals surface area contributed by atoms with Gasteiger partial charge in [-0.3, -0.25) is 0 Å². The third-order valence-electron chi connectivity index (χ3n) is 4.62. The summed E-state index contributed by atoms with van der Waals surface area (Å²) in [7, 11) is 0. The molecule has 0 heterocycles. The van der Waals surface area contributed by atoms with Gasteiger partial charge in [-0.1, -0.05) is 27.2 Å². The molecule has 0 aliphatic heterocycles. The number of phenols is 1. The summed E-state index contributed by atoms with van der Waals surface area (Å²) in [5, 5.41) is 13.3. The summed E-state index contributed by atoms with van der Waals surface area (Å²) in [6, 6.07) is 4.59. The van der Waals surface area contributed by atoms with Gasteiger partial charge in [0, 0.05) is 18.2 Å². The van der Waals surface area contributed by atoms with E-state index in [1.807, 2.05) is 0 Å². The molecule has 3 unspecified atom stereocenters. The Kier molecular flexibility index (Phi) is 5.03. The van der Waals surface area contributed by atoms with Gasteiger partial charge in [0.1, 0.15) is 11.6 Å². The van der Waals surface area contributed by atoms with Gasteiger partial charge in [0.15, 0.2) is 0 Å². The first kappa shape index (κ1) is 15.3. The Morgan fingerprint density at radius 2 is 2.10 bits per heavy atom. The quantitative estimate of drug-likeness (QED) is 0.870. The Morgan fingerprint density at radius 3 is 2.80 bits per heavy atom. The molecule has 1 aromatic rings. The van der Waals surface area contributed by atoms with Crippen LogP contribution in [0.1, 0.15) is 45.6 Å². The molecule has 2 nitrogen and oxygen atoms in total. The molecule has 1 aliphatic rings. The highest BCUT2D eigenvalue weighted by molar-refractivity contribution is 5.32. The first-order valence-corrected chi connectivity index (χ1v) is 7.68. The van der Waals surface area contributed by atoms with Gasteiger partial charge in [-0.2, -0.15) is 0 Å². The Morgan fingerprint density at radius 1 is 1.35 bits per heavy atom. The number of phenolic OH excluding ortho intramolecular Hbond substituents is 1. The minimum absolute atomic E-state index is 0.170. The average molecular weight is 279 g/mol. The van der Waals surface area contributed by atoms with Gasteiger partial charge in [0.05, 0.1) is 0 Å². The van der Waals surface area contributed by atoms with Crippen LogP contribution >= 0.6 is 0 Å². The highest BCUT2D eigenvalue weighted by Gasteiger charge is 2.30. The molecule has 0 spiro atoms. The minimum Gasteiger partial charge on any atom is -0.508 e. The Hall–Kier alpha value is -1.09. The molecule has 0 radical (unpaired) electrons. The highest BCUT2D eigenvalue weighted by Crippen LogP contribution is 2.33. The van der Waals surface area contributed by atoms with Gasteiger partial charge in [-0.25, -0.2) is 4.39 Å². The summed E-state index contributed by atoms with van der Waals surface area (Å²) in [5.41, 5.74) is 0.644. The third kappa shape index (κ3) is 3.72. The SMILES string of the molecule is CC1CCC(C(C)C)C(NCc2cc(F)ccc2O)C1. The van der Waals surface area contributed by atoms with E-state index in [1.165, 1.54) is 37.5 Å².